The van der Waals surface area contributed by atoms with Crippen LogP contribution in [0, 0.1) is 5.92 Å². The maximum absolute atomic E-state index is 12.7. The summed E-state index contributed by atoms with van der Waals surface area (Å²) in [6, 6.07) is 12.9. The van der Waals surface area contributed by atoms with Gasteiger partial charge in [0.05, 0.1) is 12.2 Å². The summed E-state index contributed by atoms with van der Waals surface area (Å²) < 4.78 is 63.5. The maximum Gasteiger partial charge on any atom is 0.490 e. The van der Waals surface area contributed by atoms with E-state index in [1.165, 1.54) is 31.4 Å². The van der Waals surface area contributed by atoms with Crippen LogP contribution in [0.5, 0.6) is 0 Å². The highest BCUT2D eigenvalue weighted by Gasteiger charge is 2.40. The fraction of sp³-hybridized carbons (Fsp3) is 0.440. The molecule has 2 aromatic rings. The highest BCUT2D eigenvalue weighted by Crippen LogP contribution is 2.41. The van der Waals surface area contributed by atoms with Crippen LogP contribution in [0.25, 0.3) is 0 Å². The molecule has 2 aliphatic carbocycles. The molecular weight excluding hydrogens is 536 g/mol. The molecule has 3 aliphatic rings. The summed E-state index contributed by atoms with van der Waals surface area (Å²) in [5, 5.41) is 17.9. The second-order valence-electron chi connectivity index (χ2n) is 9.30. The minimum absolute atomic E-state index is 0.101. The maximum atomic E-state index is 12.7. The Balaban J connectivity index is 0.000000251. The van der Waals surface area contributed by atoms with Gasteiger partial charge < -0.3 is 20.4 Å². The van der Waals surface area contributed by atoms with Crippen molar-refractivity contribution < 1.29 is 50.9 Å². The molecule has 3 N–H and O–H groups in total. The second kappa shape index (κ2) is 12.0. The first kappa shape index (κ1) is 29.9. The van der Waals surface area contributed by atoms with Crippen LogP contribution in [0.1, 0.15) is 52.4 Å². The Hall–Kier alpha value is -3.68. The Morgan fingerprint density at radius 3 is 1.97 bits per heavy atom. The van der Waals surface area contributed by atoms with Crippen molar-refractivity contribution in [2.75, 3.05) is 6.54 Å². The molecule has 0 unspecified atom stereocenters. The first-order valence-corrected chi connectivity index (χ1v) is 11.8. The van der Waals surface area contributed by atoms with Gasteiger partial charge >= 0.3 is 24.3 Å². The van der Waals surface area contributed by atoms with E-state index in [1.807, 2.05) is 23.1 Å². The number of nitrogens with zero attached hydrogens (tertiary/aromatic N) is 2. The summed E-state index contributed by atoms with van der Waals surface area (Å²) in [7, 11) is 0. The summed E-state index contributed by atoms with van der Waals surface area (Å²) in [5.41, 5.74) is 4.32. The van der Waals surface area contributed by atoms with Gasteiger partial charge in [-0.15, -0.1) is 0 Å². The van der Waals surface area contributed by atoms with E-state index in [-0.39, 0.29) is 5.91 Å². The molecule has 0 radical (unpaired) electrons. The van der Waals surface area contributed by atoms with Crippen molar-refractivity contribution in [3.63, 3.8) is 0 Å². The van der Waals surface area contributed by atoms with Gasteiger partial charge in [-0.05, 0) is 61.1 Å². The SMILES string of the molecule is O=C(O)C(F)(F)F.O=C(O)C(F)(F)F.O=C(c1ccc([C@@H]2C[C@H]2NCC2CC2)cc1)N1Cc2cccnc2C1. The van der Waals surface area contributed by atoms with Crippen molar-refractivity contribution in [2.45, 2.75) is 56.7 Å². The molecule has 1 aromatic heterocycles. The number of carboxylic acids is 2. The van der Waals surface area contributed by atoms with E-state index in [1.54, 1.807) is 6.20 Å². The number of pyridine rings is 1. The molecule has 1 aliphatic heterocycles. The van der Waals surface area contributed by atoms with Crippen LogP contribution in [0.3, 0.4) is 0 Å². The van der Waals surface area contributed by atoms with Crippen LogP contribution >= 0.6 is 0 Å². The van der Waals surface area contributed by atoms with Gasteiger partial charge in [0.25, 0.3) is 5.91 Å². The molecule has 0 spiro atoms. The lowest BCUT2D eigenvalue weighted by Crippen LogP contribution is -2.25. The van der Waals surface area contributed by atoms with E-state index >= 15 is 0 Å². The number of nitrogens with one attached hydrogen (secondary N) is 1. The first-order chi connectivity index (χ1) is 18.2. The fourth-order valence-corrected chi connectivity index (χ4v) is 3.83. The number of alkyl halides is 6. The van der Waals surface area contributed by atoms with Gasteiger partial charge in [0.15, 0.2) is 0 Å². The predicted molar refractivity (Wildman–Crippen MR) is 124 cm³/mol. The van der Waals surface area contributed by atoms with E-state index in [2.05, 4.69) is 28.5 Å². The Morgan fingerprint density at radius 1 is 0.923 bits per heavy atom. The number of carbonyl (C=O) groups excluding carboxylic acids is 1. The Morgan fingerprint density at radius 2 is 1.49 bits per heavy atom. The third-order valence-electron chi connectivity index (χ3n) is 6.20. The van der Waals surface area contributed by atoms with E-state index < -0.39 is 24.3 Å². The van der Waals surface area contributed by atoms with Crippen LogP contribution < -0.4 is 5.32 Å². The molecule has 8 nitrogen and oxygen atoms in total. The number of aliphatic carboxylic acids is 2. The standard InChI is InChI=1S/C21H23N3O.2C2HF3O2/c25-21(24-12-17-2-1-9-22-20(17)13-24)16-7-5-15(6-8-16)18-10-19(18)23-11-14-3-4-14;2*3-2(4,5)1(6)7/h1-2,5-9,14,18-19,23H,3-4,10-13H2;2*(H,6,7)/t18-,19+;;/m0../s1. The number of rotatable bonds is 5. The number of halogens is 6. The number of fused-ring (bicyclic) bond motifs is 1. The molecule has 0 saturated heterocycles. The molecule has 2 heterocycles. The van der Waals surface area contributed by atoms with Crippen molar-refractivity contribution in [1.82, 2.24) is 15.2 Å². The third-order valence-corrected chi connectivity index (χ3v) is 6.20. The van der Waals surface area contributed by atoms with Gasteiger partial charge in [0.2, 0.25) is 0 Å². The molecule has 2 saturated carbocycles. The number of hydrogen-bond acceptors (Lipinski definition) is 5. The van der Waals surface area contributed by atoms with Crippen LogP contribution in [0.4, 0.5) is 26.3 Å². The lowest BCUT2D eigenvalue weighted by molar-refractivity contribution is -0.193. The summed E-state index contributed by atoms with van der Waals surface area (Å²) in [4.78, 5) is 36.8. The zero-order chi connectivity index (χ0) is 29.0. The van der Waals surface area contributed by atoms with Crippen molar-refractivity contribution in [2.24, 2.45) is 5.92 Å². The fourth-order valence-electron chi connectivity index (χ4n) is 3.83. The van der Waals surface area contributed by atoms with Gasteiger partial charge in [0.1, 0.15) is 0 Å². The summed E-state index contributed by atoms with van der Waals surface area (Å²) in [6.07, 6.45) is -4.34. The normalized spacial score (nSPS) is 19.6. The number of amides is 1. The molecular formula is C25H25F6N3O5. The predicted octanol–water partition coefficient (Wildman–Crippen LogP) is 4.36. The molecule has 5 rings (SSSR count). The monoisotopic (exact) mass is 561 g/mol. The summed E-state index contributed by atoms with van der Waals surface area (Å²) in [5.74, 6) is -3.85. The lowest BCUT2D eigenvalue weighted by Gasteiger charge is -2.15. The van der Waals surface area contributed by atoms with Crippen molar-refractivity contribution in [1.29, 1.82) is 0 Å². The molecule has 2 fully saturated rings. The zero-order valence-corrected chi connectivity index (χ0v) is 20.3. The van der Waals surface area contributed by atoms with Crippen LogP contribution in [-0.4, -0.2) is 62.9 Å². The summed E-state index contributed by atoms with van der Waals surface area (Å²) in [6.45, 7) is 2.47. The number of hydrogen-bond donors (Lipinski definition) is 3. The number of carboxylic acid groups (broad SMARTS) is 2. The van der Waals surface area contributed by atoms with Gasteiger partial charge in [-0.2, -0.15) is 26.3 Å². The minimum atomic E-state index is -5.08. The average molecular weight is 561 g/mol. The topological polar surface area (TPSA) is 120 Å². The van der Waals surface area contributed by atoms with Crippen molar-refractivity contribution >= 4 is 17.8 Å². The molecule has 2 atom stereocenters. The second-order valence-corrected chi connectivity index (χ2v) is 9.30. The molecule has 39 heavy (non-hydrogen) atoms. The van der Waals surface area contributed by atoms with Crippen LogP contribution in [-0.2, 0) is 22.7 Å². The van der Waals surface area contributed by atoms with Crippen LogP contribution in [0.15, 0.2) is 42.6 Å². The lowest BCUT2D eigenvalue weighted by atomic mass is 10.1. The van der Waals surface area contributed by atoms with Crippen molar-refractivity contribution in [3.05, 3.63) is 65.0 Å². The zero-order valence-electron chi connectivity index (χ0n) is 20.3. The summed E-state index contributed by atoms with van der Waals surface area (Å²) >= 11 is 0. The minimum Gasteiger partial charge on any atom is -0.475 e. The Bertz CT molecular complexity index is 1130. The number of carbonyl (C=O) groups is 3. The first-order valence-electron chi connectivity index (χ1n) is 11.8. The number of benzene rings is 1. The highest BCUT2D eigenvalue weighted by molar-refractivity contribution is 5.94. The average Bonchev–Trinajstić information content (AvgIpc) is 3.78. The smallest absolute Gasteiger partial charge is 0.475 e. The highest BCUT2D eigenvalue weighted by atomic mass is 19.4. The van der Waals surface area contributed by atoms with E-state index in [0.717, 1.165) is 22.7 Å². The molecule has 14 heteroatoms. The molecule has 0 bridgehead atoms. The van der Waals surface area contributed by atoms with E-state index in [9.17, 15) is 31.1 Å². The molecule has 1 amide bonds. The van der Waals surface area contributed by atoms with E-state index in [0.29, 0.717) is 25.0 Å². The van der Waals surface area contributed by atoms with E-state index in [4.69, 9.17) is 19.8 Å². The quantitative estimate of drug-likeness (QED) is 0.464. The molecule has 1 aromatic carbocycles. The van der Waals surface area contributed by atoms with Crippen molar-refractivity contribution in [3.8, 4) is 0 Å². The van der Waals surface area contributed by atoms with Crippen LogP contribution in [0.2, 0.25) is 0 Å². The third kappa shape index (κ3) is 8.94. The van der Waals surface area contributed by atoms with Gasteiger partial charge in [-0.3, -0.25) is 9.78 Å². The largest absolute Gasteiger partial charge is 0.490 e. The number of aromatic nitrogens is 1. The van der Waals surface area contributed by atoms with Gasteiger partial charge in [0, 0.05) is 30.3 Å². The molecule has 212 valence electrons. The van der Waals surface area contributed by atoms with Gasteiger partial charge in [-0.25, -0.2) is 9.59 Å². The Kier molecular flexibility index (Phi) is 9.20. The van der Waals surface area contributed by atoms with Gasteiger partial charge in [-0.1, -0.05) is 18.2 Å². The Labute approximate surface area is 218 Å².